The van der Waals surface area contributed by atoms with E-state index in [1.54, 1.807) is 6.07 Å². The van der Waals surface area contributed by atoms with Crippen LogP contribution in [0.2, 0.25) is 5.02 Å². The van der Waals surface area contributed by atoms with Gasteiger partial charge in [-0.05, 0) is 44.9 Å². The first-order valence-corrected chi connectivity index (χ1v) is 8.46. The highest BCUT2D eigenvalue weighted by Crippen LogP contribution is 2.39. The Bertz CT molecular complexity index is 586. The highest BCUT2D eigenvalue weighted by atomic mass is 35.5. The number of piperazine rings is 1. The third-order valence-electron chi connectivity index (χ3n) is 4.86. The average molecular weight is 347 g/mol. The van der Waals surface area contributed by atoms with Crippen molar-refractivity contribution in [1.82, 2.24) is 5.32 Å². The number of anilines is 1. The van der Waals surface area contributed by atoms with Crippen LogP contribution in [-0.2, 0) is 6.18 Å². The van der Waals surface area contributed by atoms with Crippen molar-refractivity contribution in [3.63, 3.8) is 0 Å². The Morgan fingerprint density at radius 2 is 1.91 bits per heavy atom. The minimum absolute atomic E-state index is 0.0757. The molecule has 6 heteroatoms. The van der Waals surface area contributed by atoms with Crippen LogP contribution in [0.1, 0.15) is 45.1 Å². The normalized spacial score (nSPS) is 27.7. The second-order valence-corrected chi connectivity index (χ2v) is 7.68. The zero-order chi connectivity index (χ0) is 16.8. The number of benzene rings is 1. The highest BCUT2D eigenvalue weighted by molar-refractivity contribution is 6.31. The van der Waals surface area contributed by atoms with Crippen molar-refractivity contribution in [1.29, 1.82) is 0 Å². The smallest absolute Gasteiger partial charge is 0.365 e. The van der Waals surface area contributed by atoms with Crippen molar-refractivity contribution >= 4 is 17.3 Å². The maximum atomic E-state index is 12.9. The summed E-state index contributed by atoms with van der Waals surface area (Å²) in [5, 5.41) is 3.47. The molecular weight excluding hydrogens is 325 g/mol. The third-order valence-corrected chi connectivity index (χ3v) is 5.17. The van der Waals surface area contributed by atoms with Gasteiger partial charge in [-0.3, -0.25) is 0 Å². The van der Waals surface area contributed by atoms with E-state index in [1.807, 2.05) is 0 Å². The summed E-state index contributed by atoms with van der Waals surface area (Å²) < 4.78 is 38.7. The van der Waals surface area contributed by atoms with E-state index >= 15 is 0 Å². The number of rotatable bonds is 1. The first kappa shape index (κ1) is 16.9. The quantitative estimate of drug-likeness (QED) is 0.781. The number of fused-ring (bicyclic) bond motifs is 1. The Hall–Kier alpha value is -0.940. The molecule has 0 bridgehead atoms. The van der Waals surface area contributed by atoms with Crippen molar-refractivity contribution in [2.75, 3.05) is 11.4 Å². The second kappa shape index (κ2) is 5.85. The maximum absolute atomic E-state index is 12.9. The number of hydrogen-bond donors (Lipinski definition) is 1. The van der Waals surface area contributed by atoms with Gasteiger partial charge >= 0.3 is 6.18 Å². The van der Waals surface area contributed by atoms with Gasteiger partial charge < -0.3 is 10.2 Å². The van der Waals surface area contributed by atoms with E-state index in [0.29, 0.717) is 12.1 Å². The number of hydrogen-bond acceptors (Lipinski definition) is 2. The standard InChI is InChI=1S/C17H22ClF3N2/c1-16(2)10-23(15-6-4-3-5-14(15)22-16)11-7-8-12(13(18)9-11)17(19,20)21/h7-9,14-15,22H,3-6,10H2,1-2H3/t14-,15-/m0/s1. The van der Waals surface area contributed by atoms with Crippen LogP contribution in [0.5, 0.6) is 0 Å². The number of nitrogens with zero attached hydrogens (tertiary/aromatic N) is 1. The summed E-state index contributed by atoms with van der Waals surface area (Å²) in [5.41, 5.74) is -0.0554. The summed E-state index contributed by atoms with van der Waals surface area (Å²) in [6.45, 7) is 5.03. The molecule has 0 aromatic heterocycles. The largest absolute Gasteiger partial charge is 0.417 e. The number of halogens is 4. The molecule has 1 heterocycles. The molecule has 1 N–H and O–H groups in total. The SMILES string of the molecule is CC1(C)CN(c2ccc(C(F)(F)F)c(Cl)c2)[C@H]2CCCC[C@@H]2N1. The van der Waals surface area contributed by atoms with Gasteiger partial charge in [0.15, 0.2) is 0 Å². The molecule has 128 valence electrons. The van der Waals surface area contributed by atoms with Crippen LogP contribution >= 0.6 is 11.6 Å². The van der Waals surface area contributed by atoms with E-state index < -0.39 is 11.7 Å². The molecule has 1 aliphatic heterocycles. The molecule has 0 spiro atoms. The minimum Gasteiger partial charge on any atom is -0.365 e. The van der Waals surface area contributed by atoms with Gasteiger partial charge in [0.2, 0.25) is 0 Å². The van der Waals surface area contributed by atoms with Crippen molar-refractivity contribution in [3.05, 3.63) is 28.8 Å². The molecule has 2 atom stereocenters. The van der Waals surface area contributed by atoms with Gasteiger partial charge in [0.05, 0.1) is 10.6 Å². The fraction of sp³-hybridized carbons (Fsp3) is 0.647. The summed E-state index contributed by atoms with van der Waals surface area (Å²) in [6.07, 6.45) is 0.122. The number of nitrogens with one attached hydrogen (secondary N) is 1. The Labute approximate surface area is 140 Å². The predicted molar refractivity (Wildman–Crippen MR) is 87.1 cm³/mol. The van der Waals surface area contributed by atoms with Gasteiger partial charge in [-0.15, -0.1) is 0 Å². The molecule has 1 aromatic carbocycles. The molecule has 2 fully saturated rings. The molecule has 2 nitrogen and oxygen atoms in total. The molecule has 23 heavy (non-hydrogen) atoms. The summed E-state index contributed by atoms with van der Waals surface area (Å²) >= 11 is 5.92. The molecule has 1 aliphatic carbocycles. The van der Waals surface area contributed by atoms with Gasteiger partial charge in [0.1, 0.15) is 0 Å². The highest BCUT2D eigenvalue weighted by Gasteiger charge is 2.41. The lowest BCUT2D eigenvalue weighted by molar-refractivity contribution is -0.137. The summed E-state index contributed by atoms with van der Waals surface area (Å²) in [5.74, 6) is 0. The molecule has 2 aliphatic rings. The van der Waals surface area contributed by atoms with Crippen LogP contribution in [0.15, 0.2) is 18.2 Å². The van der Waals surface area contributed by atoms with Gasteiger partial charge in [0, 0.05) is 29.9 Å². The van der Waals surface area contributed by atoms with Gasteiger partial charge in [-0.25, -0.2) is 0 Å². The Balaban J connectivity index is 1.94. The fourth-order valence-corrected chi connectivity index (χ4v) is 4.22. The molecule has 0 radical (unpaired) electrons. The fourth-order valence-electron chi connectivity index (χ4n) is 3.94. The zero-order valence-corrected chi connectivity index (χ0v) is 14.1. The summed E-state index contributed by atoms with van der Waals surface area (Å²) in [4.78, 5) is 2.24. The monoisotopic (exact) mass is 346 g/mol. The maximum Gasteiger partial charge on any atom is 0.417 e. The summed E-state index contributed by atoms with van der Waals surface area (Å²) in [7, 11) is 0. The molecule has 0 amide bonds. The van der Waals surface area contributed by atoms with E-state index in [2.05, 4.69) is 24.1 Å². The van der Waals surface area contributed by atoms with Crippen LogP contribution in [0, 0.1) is 0 Å². The van der Waals surface area contributed by atoms with Crippen LogP contribution in [0.25, 0.3) is 0 Å². The molecule has 0 unspecified atom stereocenters. The average Bonchev–Trinajstić information content (AvgIpc) is 2.44. The Morgan fingerprint density at radius 1 is 1.22 bits per heavy atom. The topological polar surface area (TPSA) is 15.3 Å². The third kappa shape index (κ3) is 3.45. The van der Waals surface area contributed by atoms with Gasteiger partial charge in [-0.2, -0.15) is 13.2 Å². The first-order chi connectivity index (χ1) is 10.7. The van der Waals surface area contributed by atoms with E-state index in [0.717, 1.165) is 37.6 Å². The summed E-state index contributed by atoms with van der Waals surface area (Å²) in [6, 6.07) is 4.84. The van der Waals surface area contributed by atoms with Crippen LogP contribution in [0.4, 0.5) is 18.9 Å². The van der Waals surface area contributed by atoms with Crippen molar-refractivity contribution in [3.8, 4) is 0 Å². The first-order valence-electron chi connectivity index (χ1n) is 8.08. The van der Waals surface area contributed by atoms with Crippen molar-refractivity contribution in [2.45, 2.75) is 63.3 Å². The number of alkyl halides is 3. The van der Waals surface area contributed by atoms with Crippen molar-refractivity contribution < 1.29 is 13.2 Å². The molecule has 3 rings (SSSR count). The molecule has 1 saturated heterocycles. The molecule has 1 saturated carbocycles. The van der Waals surface area contributed by atoms with Gasteiger partial charge in [0.25, 0.3) is 0 Å². The molecule has 1 aromatic rings. The predicted octanol–water partition coefficient (Wildman–Crippen LogP) is 4.86. The minimum atomic E-state index is -4.41. The molecular formula is C17H22ClF3N2. The van der Waals surface area contributed by atoms with Crippen LogP contribution < -0.4 is 10.2 Å². The van der Waals surface area contributed by atoms with E-state index in [4.69, 9.17) is 11.6 Å². The lowest BCUT2D eigenvalue weighted by Gasteiger charge is -2.52. The Kier molecular flexibility index (Phi) is 4.30. The lowest BCUT2D eigenvalue weighted by atomic mass is 9.83. The van der Waals surface area contributed by atoms with E-state index in [9.17, 15) is 13.2 Å². The Morgan fingerprint density at radius 3 is 2.57 bits per heavy atom. The second-order valence-electron chi connectivity index (χ2n) is 7.28. The van der Waals surface area contributed by atoms with Crippen LogP contribution in [-0.4, -0.2) is 24.2 Å². The van der Waals surface area contributed by atoms with E-state index in [1.165, 1.54) is 12.5 Å². The van der Waals surface area contributed by atoms with E-state index in [-0.39, 0.29) is 10.6 Å². The zero-order valence-electron chi connectivity index (χ0n) is 13.4. The van der Waals surface area contributed by atoms with Gasteiger partial charge in [-0.1, -0.05) is 24.4 Å². The lowest BCUT2D eigenvalue weighted by Crippen LogP contribution is -2.67. The van der Waals surface area contributed by atoms with Crippen LogP contribution in [0.3, 0.4) is 0 Å². The van der Waals surface area contributed by atoms with Crippen molar-refractivity contribution in [2.24, 2.45) is 0 Å².